The Morgan fingerprint density at radius 2 is 1.11 bits per heavy atom. The Morgan fingerprint density at radius 3 is 1.54 bits per heavy atom. The lowest BCUT2D eigenvalue weighted by atomic mass is 10.0. The molecule has 1 aromatic carbocycles. The van der Waals surface area contributed by atoms with Crippen molar-refractivity contribution < 1.29 is 13.2 Å². The molecule has 0 radical (unpaired) electrons. The molecule has 0 aliphatic rings. The van der Waals surface area contributed by atoms with Crippen molar-refractivity contribution in [1.82, 2.24) is 0 Å². The number of alkyl halides is 3. The van der Waals surface area contributed by atoms with Crippen molar-refractivity contribution in [2.24, 2.45) is 0 Å². The maximum atomic E-state index is 12.0. The van der Waals surface area contributed by atoms with Gasteiger partial charge in [0.1, 0.15) is 0 Å². The summed E-state index contributed by atoms with van der Waals surface area (Å²) < 4.78 is 36.0. The standard InChI is InChI=1S/C23H35F3N2/c24-23(25,26)18-12-10-8-6-4-2-1-3-5-7-9-11-13-19-28-22-16-14-21(20-27)15-17-22/h14-17,28H,1-13,18-19H2. The molecule has 0 saturated heterocycles. The Hall–Kier alpha value is -1.70. The number of nitrogens with one attached hydrogen (secondary N) is 1. The molecule has 0 heterocycles. The van der Waals surface area contributed by atoms with Gasteiger partial charge in [0, 0.05) is 18.7 Å². The second-order valence-corrected chi connectivity index (χ2v) is 7.58. The fourth-order valence-electron chi connectivity index (χ4n) is 3.29. The van der Waals surface area contributed by atoms with Crippen molar-refractivity contribution in [1.29, 1.82) is 5.26 Å². The second-order valence-electron chi connectivity index (χ2n) is 7.58. The second kappa shape index (κ2) is 15.2. The Balaban J connectivity index is 1.78. The van der Waals surface area contributed by atoms with Gasteiger partial charge < -0.3 is 5.32 Å². The Morgan fingerprint density at radius 1 is 0.679 bits per heavy atom. The highest BCUT2D eigenvalue weighted by atomic mass is 19.4. The van der Waals surface area contributed by atoms with Gasteiger partial charge in [0.05, 0.1) is 11.6 Å². The number of halogens is 3. The number of hydrogen-bond donors (Lipinski definition) is 1. The first-order valence-corrected chi connectivity index (χ1v) is 10.8. The van der Waals surface area contributed by atoms with Crippen LogP contribution < -0.4 is 5.32 Å². The molecule has 0 aromatic heterocycles. The smallest absolute Gasteiger partial charge is 0.385 e. The summed E-state index contributed by atoms with van der Waals surface area (Å²) in [5, 5.41) is 12.1. The quantitative estimate of drug-likeness (QED) is 0.287. The van der Waals surface area contributed by atoms with Gasteiger partial charge in [-0.25, -0.2) is 0 Å². The minimum atomic E-state index is -3.98. The van der Waals surface area contributed by atoms with Crippen LogP contribution in [0.15, 0.2) is 24.3 Å². The fourth-order valence-corrected chi connectivity index (χ4v) is 3.29. The minimum absolute atomic E-state index is 0.284. The van der Waals surface area contributed by atoms with E-state index < -0.39 is 12.6 Å². The molecule has 0 fully saturated rings. The zero-order chi connectivity index (χ0) is 20.5. The molecule has 1 N–H and O–H groups in total. The van der Waals surface area contributed by atoms with Crippen molar-refractivity contribution >= 4 is 5.69 Å². The SMILES string of the molecule is N#Cc1ccc(NCCCCCCCCCCCCCCCC(F)(F)F)cc1. The molecule has 0 amide bonds. The first-order valence-electron chi connectivity index (χ1n) is 10.8. The van der Waals surface area contributed by atoms with E-state index in [-0.39, 0.29) is 6.42 Å². The fraction of sp³-hybridized carbons (Fsp3) is 0.696. The van der Waals surface area contributed by atoms with Gasteiger partial charge in [0.25, 0.3) is 0 Å². The first-order chi connectivity index (χ1) is 13.5. The van der Waals surface area contributed by atoms with Gasteiger partial charge in [-0.2, -0.15) is 18.4 Å². The van der Waals surface area contributed by atoms with E-state index >= 15 is 0 Å². The van der Waals surface area contributed by atoms with Crippen molar-refractivity contribution in [3.8, 4) is 6.07 Å². The highest BCUT2D eigenvalue weighted by Gasteiger charge is 2.25. The molecule has 0 saturated carbocycles. The summed E-state index contributed by atoms with van der Waals surface area (Å²) in [5.74, 6) is 0. The summed E-state index contributed by atoms with van der Waals surface area (Å²) in [6.07, 6.45) is 9.54. The van der Waals surface area contributed by atoms with Crippen molar-refractivity contribution in [3.05, 3.63) is 29.8 Å². The maximum absolute atomic E-state index is 12.0. The molecule has 2 nitrogen and oxygen atoms in total. The number of hydrogen-bond acceptors (Lipinski definition) is 2. The average Bonchev–Trinajstić information content (AvgIpc) is 2.67. The van der Waals surface area contributed by atoms with Crippen LogP contribution in [0.25, 0.3) is 0 Å². The molecule has 1 rings (SSSR count). The largest absolute Gasteiger partial charge is 0.389 e. The van der Waals surface area contributed by atoms with Crippen LogP contribution in [0.5, 0.6) is 0 Å². The highest BCUT2D eigenvalue weighted by molar-refractivity contribution is 5.46. The molecule has 5 heteroatoms. The number of benzene rings is 1. The average molecular weight is 397 g/mol. The van der Waals surface area contributed by atoms with E-state index in [0.717, 1.165) is 37.9 Å². The molecule has 0 unspecified atom stereocenters. The van der Waals surface area contributed by atoms with E-state index in [1.807, 2.05) is 24.3 Å². The number of unbranched alkanes of at least 4 members (excludes halogenated alkanes) is 12. The van der Waals surface area contributed by atoms with E-state index in [4.69, 9.17) is 5.26 Å². The van der Waals surface area contributed by atoms with Crippen molar-refractivity contribution in [3.63, 3.8) is 0 Å². The van der Waals surface area contributed by atoms with Crippen LogP contribution in [0.2, 0.25) is 0 Å². The number of anilines is 1. The number of nitriles is 1. The zero-order valence-corrected chi connectivity index (χ0v) is 17.0. The number of nitrogens with zero attached hydrogens (tertiary/aromatic N) is 1. The van der Waals surface area contributed by atoms with Crippen LogP contribution in [-0.4, -0.2) is 12.7 Å². The van der Waals surface area contributed by atoms with Crippen LogP contribution in [0.4, 0.5) is 18.9 Å². The van der Waals surface area contributed by atoms with E-state index in [0.29, 0.717) is 12.0 Å². The molecule has 158 valence electrons. The van der Waals surface area contributed by atoms with Crippen LogP contribution in [0.3, 0.4) is 0 Å². The summed E-state index contributed by atoms with van der Waals surface area (Å²) in [5.41, 5.74) is 1.76. The Kier molecular flexibility index (Phi) is 13.3. The van der Waals surface area contributed by atoms with Crippen LogP contribution in [0.1, 0.15) is 95.5 Å². The Bertz CT molecular complexity index is 532. The van der Waals surface area contributed by atoms with Crippen LogP contribution in [-0.2, 0) is 0 Å². The predicted molar refractivity (Wildman–Crippen MR) is 110 cm³/mol. The lowest BCUT2D eigenvalue weighted by Crippen LogP contribution is -2.06. The lowest BCUT2D eigenvalue weighted by molar-refractivity contribution is -0.135. The highest BCUT2D eigenvalue weighted by Crippen LogP contribution is 2.23. The van der Waals surface area contributed by atoms with Crippen LogP contribution in [0, 0.1) is 11.3 Å². The predicted octanol–water partition coefficient (Wildman–Crippen LogP) is 7.99. The van der Waals surface area contributed by atoms with E-state index in [1.165, 1.54) is 44.9 Å². The molecule has 1 aromatic rings. The van der Waals surface area contributed by atoms with Gasteiger partial charge >= 0.3 is 6.18 Å². The van der Waals surface area contributed by atoms with Gasteiger partial charge in [-0.3, -0.25) is 0 Å². The van der Waals surface area contributed by atoms with Crippen LogP contribution >= 0.6 is 0 Å². The number of rotatable bonds is 16. The summed E-state index contributed by atoms with van der Waals surface area (Å²) in [4.78, 5) is 0. The molecular weight excluding hydrogens is 361 g/mol. The molecule has 0 spiro atoms. The summed E-state index contributed by atoms with van der Waals surface area (Å²) in [6, 6.07) is 9.67. The van der Waals surface area contributed by atoms with Gasteiger partial charge in [0.2, 0.25) is 0 Å². The van der Waals surface area contributed by atoms with Gasteiger partial charge in [0.15, 0.2) is 0 Å². The normalized spacial score (nSPS) is 11.4. The maximum Gasteiger partial charge on any atom is 0.389 e. The summed E-state index contributed by atoms with van der Waals surface area (Å²) in [7, 11) is 0. The van der Waals surface area contributed by atoms with E-state index in [1.54, 1.807) is 0 Å². The third-order valence-electron chi connectivity index (χ3n) is 4.98. The topological polar surface area (TPSA) is 35.8 Å². The monoisotopic (exact) mass is 396 g/mol. The third kappa shape index (κ3) is 14.4. The molecule has 0 bridgehead atoms. The van der Waals surface area contributed by atoms with E-state index in [2.05, 4.69) is 11.4 Å². The van der Waals surface area contributed by atoms with Gasteiger partial charge in [-0.15, -0.1) is 0 Å². The Labute approximate surface area is 168 Å². The van der Waals surface area contributed by atoms with Gasteiger partial charge in [-0.1, -0.05) is 70.6 Å². The third-order valence-corrected chi connectivity index (χ3v) is 4.98. The van der Waals surface area contributed by atoms with Gasteiger partial charge in [-0.05, 0) is 37.1 Å². The molecule has 0 aliphatic heterocycles. The zero-order valence-electron chi connectivity index (χ0n) is 17.0. The van der Waals surface area contributed by atoms with Crippen molar-refractivity contribution in [2.75, 3.05) is 11.9 Å². The summed E-state index contributed by atoms with van der Waals surface area (Å²) in [6.45, 7) is 0.967. The first kappa shape index (κ1) is 24.3. The molecule has 0 aliphatic carbocycles. The summed E-state index contributed by atoms with van der Waals surface area (Å²) >= 11 is 0. The lowest BCUT2D eigenvalue weighted by Gasteiger charge is -2.06. The molecule has 28 heavy (non-hydrogen) atoms. The molecule has 0 atom stereocenters. The van der Waals surface area contributed by atoms with E-state index in [9.17, 15) is 13.2 Å². The molecular formula is C23H35F3N2. The minimum Gasteiger partial charge on any atom is -0.385 e. The van der Waals surface area contributed by atoms with Crippen molar-refractivity contribution in [2.45, 2.75) is 96.1 Å².